The van der Waals surface area contributed by atoms with Gasteiger partial charge in [-0.05, 0) is 35.9 Å². The number of rotatable bonds is 6. The van der Waals surface area contributed by atoms with Crippen LogP contribution < -0.4 is 10.2 Å². The van der Waals surface area contributed by atoms with Gasteiger partial charge < -0.3 is 10.2 Å². The number of piperazine rings is 1. The molecule has 0 aliphatic carbocycles. The van der Waals surface area contributed by atoms with Crippen LogP contribution in [0.4, 0.5) is 17.1 Å². The molecule has 0 bridgehead atoms. The van der Waals surface area contributed by atoms with Gasteiger partial charge in [-0.15, -0.1) is 0 Å². The number of anilines is 2. The van der Waals surface area contributed by atoms with Gasteiger partial charge in [0.05, 0.1) is 4.92 Å². The van der Waals surface area contributed by atoms with E-state index in [0.717, 1.165) is 38.4 Å². The highest BCUT2D eigenvalue weighted by Crippen LogP contribution is 2.21. The van der Waals surface area contributed by atoms with Crippen LogP contribution in [0.2, 0.25) is 0 Å². The lowest BCUT2D eigenvalue weighted by atomic mass is 10.1. The third kappa shape index (κ3) is 5.26. The molecule has 0 spiro atoms. The van der Waals surface area contributed by atoms with Crippen molar-refractivity contribution in [2.75, 3.05) is 36.4 Å². The summed E-state index contributed by atoms with van der Waals surface area (Å²) in [4.78, 5) is 27.6. The standard InChI is InChI=1S/C24H24N4O3/c29-24(20-7-4-8-23(17-20)28(30)31)25-21-9-11-22(12-10-21)27-15-13-26(14-16-27)18-19-5-2-1-3-6-19/h1-12,17H,13-16,18H2,(H,25,29). The maximum atomic E-state index is 12.4. The zero-order chi connectivity index (χ0) is 21.6. The number of nitro benzene ring substituents is 1. The lowest BCUT2D eigenvalue weighted by molar-refractivity contribution is -0.384. The molecule has 1 amide bonds. The number of benzene rings is 3. The molecule has 31 heavy (non-hydrogen) atoms. The molecule has 0 atom stereocenters. The summed E-state index contributed by atoms with van der Waals surface area (Å²) >= 11 is 0. The lowest BCUT2D eigenvalue weighted by Gasteiger charge is -2.36. The number of carbonyl (C=O) groups excluding carboxylic acids is 1. The molecular weight excluding hydrogens is 392 g/mol. The number of non-ortho nitro benzene ring substituents is 1. The first-order valence-corrected chi connectivity index (χ1v) is 10.3. The van der Waals surface area contributed by atoms with E-state index in [1.807, 2.05) is 30.3 Å². The molecule has 7 heteroatoms. The Morgan fingerprint density at radius 3 is 2.29 bits per heavy atom. The third-order valence-corrected chi connectivity index (χ3v) is 5.43. The Hall–Kier alpha value is -3.71. The van der Waals surface area contributed by atoms with E-state index in [4.69, 9.17) is 0 Å². The summed E-state index contributed by atoms with van der Waals surface area (Å²) in [6.07, 6.45) is 0. The number of nitro groups is 1. The van der Waals surface area contributed by atoms with Crippen LogP contribution in [0.3, 0.4) is 0 Å². The normalized spacial score (nSPS) is 14.3. The third-order valence-electron chi connectivity index (χ3n) is 5.43. The molecule has 1 saturated heterocycles. The molecule has 3 aromatic carbocycles. The van der Waals surface area contributed by atoms with Gasteiger partial charge in [0, 0.05) is 61.8 Å². The molecule has 1 fully saturated rings. The van der Waals surface area contributed by atoms with Crippen molar-refractivity contribution in [3.8, 4) is 0 Å². The Morgan fingerprint density at radius 1 is 0.903 bits per heavy atom. The number of hydrogen-bond acceptors (Lipinski definition) is 5. The van der Waals surface area contributed by atoms with Gasteiger partial charge in [0.1, 0.15) is 0 Å². The molecule has 0 radical (unpaired) electrons. The molecule has 0 aromatic heterocycles. The molecule has 0 saturated carbocycles. The van der Waals surface area contributed by atoms with E-state index in [1.54, 1.807) is 6.07 Å². The second-order valence-corrected chi connectivity index (χ2v) is 7.56. The summed E-state index contributed by atoms with van der Waals surface area (Å²) < 4.78 is 0. The molecule has 1 heterocycles. The molecule has 158 valence electrons. The Morgan fingerprint density at radius 2 is 1.61 bits per heavy atom. The summed E-state index contributed by atoms with van der Waals surface area (Å²) in [6, 6.07) is 23.9. The lowest BCUT2D eigenvalue weighted by Crippen LogP contribution is -2.45. The minimum absolute atomic E-state index is 0.102. The van der Waals surface area contributed by atoms with E-state index in [1.165, 1.54) is 23.8 Å². The van der Waals surface area contributed by atoms with Crippen molar-refractivity contribution < 1.29 is 9.72 Å². The highest BCUT2D eigenvalue weighted by molar-refractivity contribution is 6.04. The zero-order valence-corrected chi connectivity index (χ0v) is 17.1. The van der Waals surface area contributed by atoms with Crippen molar-refractivity contribution in [3.63, 3.8) is 0 Å². The van der Waals surface area contributed by atoms with Crippen LogP contribution in [-0.4, -0.2) is 41.9 Å². The van der Waals surface area contributed by atoms with Crippen molar-refractivity contribution in [3.05, 3.63) is 100 Å². The average Bonchev–Trinajstić information content (AvgIpc) is 2.81. The topological polar surface area (TPSA) is 78.7 Å². The number of amides is 1. The maximum absolute atomic E-state index is 12.4. The largest absolute Gasteiger partial charge is 0.369 e. The van der Waals surface area contributed by atoms with Crippen LogP contribution in [-0.2, 0) is 6.54 Å². The zero-order valence-electron chi connectivity index (χ0n) is 17.1. The number of hydrogen-bond donors (Lipinski definition) is 1. The van der Waals surface area contributed by atoms with E-state index in [9.17, 15) is 14.9 Å². The van der Waals surface area contributed by atoms with E-state index in [2.05, 4.69) is 39.4 Å². The van der Waals surface area contributed by atoms with Crippen LogP contribution in [0, 0.1) is 10.1 Å². The van der Waals surface area contributed by atoms with Crippen molar-refractivity contribution >= 4 is 23.0 Å². The first kappa shape index (κ1) is 20.6. The highest BCUT2D eigenvalue weighted by atomic mass is 16.6. The van der Waals surface area contributed by atoms with Gasteiger partial charge in [0.15, 0.2) is 0 Å². The summed E-state index contributed by atoms with van der Waals surface area (Å²) in [5.41, 5.74) is 3.26. The van der Waals surface area contributed by atoms with Crippen LogP contribution in [0.5, 0.6) is 0 Å². The molecule has 7 nitrogen and oxygen atoms in total. The number of nitrogens with zero attached hydrogens (tertiary/aromatic N) is 3. The fourth-order valence-corrected chi connectivity index (χ4v) is 3.73. The second-order valence-electron chi connectivity index (χ2n) is 7.56. The van der Waals surface area contributed by atoms with Crippen LogP contribution in [0.15, 0.2) is 78.9 Å². The Bertz CT molecular complexity index is 1050. The van der Waals surface area contributed by atoms with E-state index in [0.29, 0.717) is 5.69 Å². The first-order chi connectivity index (χ1) is 15.1. The first-order valence-electron chi connectivity index (χ1n) is 10.3. The fourth-order valence-electron chi connectivity index (χ4n) is 3.73. The van der Waals surface area contributed by atoms with Crippen molar-refractivity contribution in [1.29, 1.82) is 0 Å². The summed E-state index contributed by atoms with van der Waals surface area (Å²) in [5.74, 6) is -0.369. The van der Waals surface area contributed by atoms with Gasteiger partial charge in [0.2, 0.25) is 0 Å². The SMILES string of the molecule is O=C(Nc1ccc(N2CCN(Cc3ccccc3)CC2)cc1)c1cccc([N+](=O)[O-])c1. The van der Waals surface area contributed by atoms with Gasteiger partial charge in [-0.25, -0.2) is 0 Å². The van der Waals surface area contributed by atoms with E-state index < -0.39 is 4.92 Å². The monoisotopic (exact) mass is 416 g/mol. The van der Waals surface area contributed by atoms with Crippen LogP contribution in [0.1, 0.15) is 15.9 Å². The molecule has 1 N–H and O–H groups in total. The van der Waals surface area contributed by atoms with Gasteiger partial charge in [-0.1, -0.05) is 36.4 Å². The highest BCUT2D eigenvalue weighted by Gasteiger charge is 2.17. The van der Waals surface area contributed by atoms with E-state index >= 15 is 0 Å². The molecule has 4 rings (SSSR count). The minimum atomic E-state index is -0.509. The van der Waals surface area contributed by atoms with Gasteiger partial charge in [-0.3, -0.25) is 19.8 Å². The molecule has 1 aliphatic rings. The Labute approximate surface area is 181 Å². The summed E-state index contributed by atoms with van der Waals surface area (Å²) in [6.45, 7) is 4.87. The predicted octanol–water partition coefficient (Wildman–Crippen LogP) is 4.17. The maximum Gasteiger partial charge on any atom is 0.270 e. The smallest absolute Gasteiger partial charge is 0.270 e. The Balaban J connectivity index is 1.32. The van der Waals surface area contributed by atoms with Crippen molar-refractivity contribution in [2.24, 2.45) is 0 Å². The number of carbonyl (C=O) groups is 1. The fraction of sp³-hybridized carbons (Fsp3) is 0.208. The predicted molar refractivity (Wildman–Crippen MR) is 121 cm³/mol. The molecule has 1 aliphatic heterocycles. The molecule has 0 unspecified atom stereocenters. The van der Waals surface area contributed by atoms with E-state index in [-0.39, 0.29) is 17.2 Å². The molecule has 3 aromatic rings. The summed E-state index contributed by atoms with van der Waals surface area (Å²) in [7, 11) is 0. The number of nitrogens with one attached hydrogen (secondary N) is 1. The van der Waals surface area contributed by atoms with Crippen molar-refractivity contribution in [2.45, 2.75) is 6.54 Å². The summed E-state index contributed by atoms with van der Waals surface area (Å²) in [5, 5.41) is 13.7. The van der Waals surface area contributed by atoms with Crippen LogP contribution >= 0.6 is 0 Å². The van der Waals surface area contributed by atoms with Crippen molar-refractivity contribution in [1.82, 2.24) is 4.90 Å². The molecular formula is C24H24N4O3. The van der Waals surface area contributed by atoms with Crippen LogP contribution in [0.25, 0.3) is 0 Å². The van der Waals surface area contributed by atoms with Gasteiger partial charge in [0.25, 0.3) is 11.6 Å². The quantitative estimate of drug-likeness (QED) is 0.482. The minimum Gasteiger partial charge on any atom is -0.369 e. The second kappa shape index (κ2) is 9.40. The van der Waals surface area contributed by atoms with Gasteiger partial charge >= 0.3 is 0 Å². The average molecular weight is 416 g/mol. The van der Waals surface area contributed by atoms with Gasteiger partial charge in [-0.2, -0.15) is 0 Å². The Kier molecular flexibility index (Phi) is 6.24.